The molecular formula is C16H25NO. The van der Waals surface area contributed by atoms with E-state index in [-0.39, 0.29) is 0 Å². The van der Waals surface area contributed by atoms with Crippen LogP contribution in [0.3, 0.4) is 0 Å². The van der Waals surface area contributed by atoms with Gasteiger partial charge in [-0.15, -0.1) is 0 Å². The summed E-state index contributed by atoms with van der Waals surface area (Å²) in [6, 6.07) is 9.36. The average molecular weight is 247 g/mol. The molecule has 0 radical (unpaired) electrons. The van der Waals surface area contributed by atoms with Crippen molar-refractivity contribution in [2.24, 2.45) is 0 Å². The number of rotatable bonds is 3. The zero-order chi connectivity index (χ0) is 13.1. The molecule has 100 valence electrons. The molecule has 0 bridgehead atoms. The van der Waals surface area contributed by atoms with Crippen molar-refractivity contribution in [1.29, 1.82) is 0 Å². The zero-order valence-corrected chi connectivity index (χ0v) is 11.8. The van der Waals surface area contributed by atoms with E-state index in [1.807, 2.05) is 12.1 Å². The first-order valence-corrected chi connectivity index (χ1v) is 7.20. The highest BCUT2D eigenvalue weighted by molar-refractivity contribution is 5.34. The fraction of sp³-hybridized carbons (Fsp3) is 0.625. The van der Waals surface area contributed by atoms with Gasteiger partial charge in [-0.25, -0.2) is 0 Å². The van der Waals surface area contributed by atoms with Crippen molar-refractivity contribution in [3.63, 3.8) is 0 Å². The van der Waals surface area contributed by atoms with Gasteiger partial charge >= 0.3 is 0 Å². The van der Waals surface area contributed by atoms with E-state index >= 15 is 0 Å². The Bertz CT molecular complexity index is 380. The Morgan fingerprint density at radius 1 is 1.22 bits per heavy atom. The first-order chi connectivity index (χ1) is 8.65. The van der Waals surface area contributed by atoms with Gasteiger partial charge in [0.25, 0.3) is 0 Å². The van der Waals surface area contributed by atoms with E-state index in [4.69, 9.17) is 0 Å². The number of para-hydroxylation sites is 1. The van der Waals surface area contributed by atoms with Gasteiger partial charge in [-0.05, 0) is 39.2 Å². The maximum Gasteiger partial charge on any atom is 0.120 e. The number of phenolic OH excluding ortho intramolecular Hbond substituents is 1. The number of aromatic hydroxyl groups is 1. The first kappa shape index (κ1) is 13.4. The van der Waals surface area contributed by atoms with Crippen LogP contribution < -0.4 is 0 Å². The van der Waals surface area contributed by atoms with Crippen LogP contribution in [0.15, 0.2) is 24.3 Å². The lowest BCUT2D eigenvalue weighted by Crippen LogP contribution is -2.45. The first-order valence-electron chi connectivity index (χ1n) is 7.20. The van der Waals surface area contributed by atoms with E-state index in [0.29, 0.717) is 23.9 Å². The topological polar surface area (TPSA) is 23.5 Å². The predicted octanol–water partition coefficient (Wildman–Crippen LogP) is 4.11. The van der Waals surface area contributed by atoms with Gasteiger partial charge in [0.1, 0.15) is 5.75 Å². The largest absolute Gasteiger partial charge is 0.508 e. The van der Waals surface area contributed by atoms with Gasteiger partial charge in [0.05, 0.1) is 0 Å². The van der Waals surface area contributed by atoms with Gasteiger partial charge in [-0.1, -0.05) is 31.5 Å². The van der Waals surface area contributed by atoms with Crippen molar-refractivity contribution >= 4 is 0 Å². The molecule has 1 heterocycles. The Labute approximate surface area is 111 Å². The summed E-state index contributed by atoms with van der Waals surface area (Å²) in [4.78, 5) is 2.60. The molecule has 0 aliphatic carbocycles. The third-order valence-corrected chi connectivity index (χ3v) is 4.30. The zero-order valence-electron chi connectivity index (χ0n) is 11.8. The lowest BCUT2D eigenvalue weighted by atomic mass is 9.91. The Morgan fingerprint density at radius 3 is 2.39 bits per heavy atom. The molecule has 0 spiro atoms. The van der Waals surface area contributed by atoms with Gasteiger partial charge in [0, 0.05) is 23.7 Å². The number of likely N-dealkylation sites (tertiary alicyclic amines) is 1. The molecule has 3 unspecified atom stereocenters. The summed E-state index contributed by atoms with van der Waals surface area (Å²) in [6.07, 6.45) is 4.92. The van der Waals surface area contributed by atoms with Crippen LogP contribution in [-0.2, 0) is 0 Å². The van der Waals surface area contributed by atoms with Gasteiger partial charge < -0.3 is 5.11 Å². The third-order valence-electron chi connectivity index (χ3n) is 4.30. The monoisotopic (exact) mass is 247 g/mol. The maximum atomic E-state index is 10.1. The van der Waals surface area contributed by atoms with Crippen molar-refractivity contribution in [3.05, 3.63) is 29.8 Å². The molecule has 2 rings (SSSR count). The highest BCUT2D eigenvalue weighted by Gasteiger charge is 2.31. The SMILES string of the molecule is CCC(c1ccccc1O)N1C(C)CCCC1C. The fourth-order valence-electron chi connectivity index (χ4n) is 3.42. The van der Waals surface area contributed by atoms with Gasteiger partial charge in [0.15, 0.2) is 0 Å². The van der Waals surface area contributed by atoms with Crippen LogP contribution in [0.2, 0.25) is 0 Å². The molecule has 0 aromatic heterocycles. The molecular weight excluding hydrogens is 222 g/mol. The Balaban J connectivity index is 2.30. The smallest absolute Gasteiger partial charge is 0.120 e. The summed E-state index contributed by atoms with van der Waals surface area (Å²) in [5.41, 5.74) is 1.08. The van der Waals surface area contributed by atoms with E-state index < -0.39 is 0 Å². The van der Waals surface area contributed by atoms with E-state index in [9.17, 15) is 5.11 Å². The summed E-state index contributed by atoms with van der Waals surface area (Å²) in [5.74, 6) is 0.439. The number of hydrogen-bond donors (Lipinski definition) is 1. The number of nitrogens with zero attached hydrogens (tertiary/aromatic N) is 1. The Kier molecular flexibility index (Phi) is 4.28. The predicted molar refractivity (Wildman–Crippen MR) is 75.8 cm³/mol. The lowest BCUT2D eigenvalue weighted by Gasteiger charge is -2.44. The minimum Gasteiger partial charge on any atom is -0.508 e. The molecule has 3 atom stereocenters. The van der Waals surface area contributed by atoms with E-state index in [1.54, 1.807) is 6.07 Å². The summed E-state index contributed by atoms with van der Waals surface area (Å²) in [7, 11) is 0. The van der Waals surface area contributed by atoms with Crippen molar-refractivity contribution < 1.29 is 5.11 Å². The molecule has 1 aliphatic heterocycles. The second kappa shape index (κ2) is 5.75. The molecule has 2 nitrogen and oxygen atoms in total. The molecule has 1 N–H and O–H groups in total. The third kappa shape index (κ3) is 2.54. The molecule has 1 aromatic rings. The van der Waals surface area contributed by atoms with Crippen molar-refractivity contribution in [1.82, 2.24) is 4.90 Å². The van der Waals surface area contributed by atoms with Crippen LogP contribution in [0, 0.1) is 0 Å². The van der Waals surface area contributed by atoms with Gasteiger partial charge in [-0.2, -0.15) is 0 Å². The van der Waals surface area contributed by atoms with Crippen LogP contribution in [0.4, 0.5) is 0 Å². The number of piperidine rings is 1. The highest BCUT2D eigenvalue weighted by atomic mass is 16.3. The minimum absolute atomic E-state index is 0.344. The normalized spacial score (nSPS) is 27.1. The average Bonchev–Trinajstić information content (AvgIpc) is 2.35. The van der Waals surface area contributed by atoms with E-state index in [2.05, 4.69) is 31.7 Å². The minimum atomic E-state index is 0.344. The van der Waals surface area contributed by atoms with E-state index in [1.165, 1.54) is 19.3 Å². The molecule has 2 heteroatoms. The molecule has 0 amide bonds. The quantitative estimate of drug-likeness (QED) is 0.869. The lowest BCUT2D eigenvalue weighted by molar-refractivity contribution is 0.0511. The molecule has 18 heavy (non-hydrogen) atoms. The number of hydrogen-bond acceptors (Lipinski definition) is 2. The van der Waals surface area contributed by atoms with Crippen molar-refractivity contribution in [2.75, 3.05) is 0 Å². The van der Waals surface area contributed by atoms with Crippen LogP contribution in [0.25, 0.3) is 0 Å². The molecule has 0 saturated carbocycles. The van der Waals surface area contributed by atoms with Crippen LogP contribution in [-0.4, -0.2) is 22.1 Å². The maximum absolute atomic E-state index is 10.1. The second-order valence-electron chi connectivity index (χ2n) is 5.56. The summed E-state index contributed by atoms with van der Waals surface area (Å²) in [6.45, 7) is 6.85. The highest BCUT2D eigenvalue weighted by Crippen LogP contribution is 2.37. The Morgan fingerprint density at radius 2 is 1.83 bits per heavy atom. The van der Waals surface area contributed by atoms with Crippen LogP contribution in [0.5, 0.6) is 5.75 Å². The van der Waals surface area contributed by atoms with E-state index in [0.717, 1.165) is 12.0 Å². The number of phenols is 1. The fourth-order valence-corrected chi connectivity index (χ4v) is 3.42. The summed E-state index contributed by atoms with van der Waals surface area (Å²) < 4.78 is 0. The van der Waals surface area contributed by atoms with Gasteiger partial charge in [0.2, 0.25) is 0 Å². The Hall–Kier alpha value is -1.02. The van der Waals surface area contributed by atoms with Crippen LogP contribution in [0.1, 0.15) is 58.1 Å². The standard InChI is InChI=1S/C16H25NO/c1-4-15(14-10-5-6-11-16(14)18)17-12(2)8-7-9-13(17)3/h5-6,10-13,15,18H,4,7-9H2,1-3H3. The summed E-state index contributed by atoms with van der Waals surface area (Å²) in [5, 5.41) is 10.1. The van der Waals surface area contributed by atoms with Gasteiger partial charge in [-0.3, -0.25) is 4.90 Å². The van der Waals surface area contributed by atoms with Crippen LogP contribution >= 0.6 is 0 Å². The number of benzene rings is 1. The molecule has 1 aromatic carbocycles. The van der Waals surface area contributed by atoms with Crippen molar-refractivity contribution in [3.8, 4) is 5.75 Å². The second-order valence-corrected chi connectivity index (χ2v) is 5.56. The molecule has 1 aliphatic rings. The van der Waals surface area contributed by atoms with Crippen molar-refractivity contribution in [2.45, 2.75) is 64.6 Å². The molecule has 1 saturated heterocycles. The molecule has 1 fully saturated rings. The summed E-state index contributed by atoms with van der Waals surface area (Å²) >= 11 is 0.